The number of hydrogen-bond donors (Lipinski definition) is 2. The van der Waals surface area contributed by atoms with Gasteiger partial charge in [-0.25, -0.2) is 4.98 Å². The van der Waals surface area contributed by atoms with Gasteiger partial charge in [0, 0.05) is 32.4 Å². The van der Waals surface area contributed by atoms with Gasteiger partial charge in [-0.1, -0.05) is 6.07 Å². The van der Waals surface area contributed by atoms with Crippen molar-refractivity contribution in [2.75, 3.05) is 32.2 Å². The Hall–Kier alpha value is -1.17. The predicted molar refractivity (Wildman–Crippen MR) is 66.0 cm³/mol. The van der Waals surface area contributed by atoms with Gasteiger partial charge in [-0.3, -0.25) is 0 Å². The second kappa shape index (κ2) is 5.44. The monoisotopic (exact) mass is 237 g/mol. The zero-order chi connectivity index (χ0) is 12.3. The molecule has 1 aliphatic rings. The second-order valence-electron chi connectivity index (χ2n) is 4.47. The van der Waals surface area contributed by atoms with E-state index in [0.717, 1.165) is 11.4 Å². The van der Waals surface area contributed by atoms with Gasteiger partial charge in [0.2, 0.25) is 0 Å². The van der Waals surface area contributed by atoms with Crippen LogP contribution in [0.2, 0.25) is 0 Å². The quantitative estimate of drug-likeness (QED) is 0.772. The Kier molecular flexibility index (Phi) is 3.93. The number of rotatable bonds is 4. The zero-order valence-corrected chi connectivity index (χ0v) is 10.3. The highest BCUT2D eigenvalue weighted by Gasteiger charge is 2.25. The first-order valence-electron chi connectivity index (χ1n) is 5.79. The molecule has 17 heavy (non-hydrogen) atoms. The summed E-state index contributed by atoms with van der Waals surface area (Å²) in [7, 11) is 3.94. The Morgan fingerprint density at radius 3 is 3.00 bits per heavy atom. The lowest BCUT2D eigenvalue weighted by molar-refractivity contribution is 0.122. The Morgan fingerprint density at radius 1 is 1.53 bits per heavy atom. The van der Waals surface area contributed by atoms with E-state index in [-0.39, 0.29) is 6.04 Å². The third-order valence-corrected chi connectivity index (χ3v) is 2.90. The molecule has 0 aliphatic carbocycles. The van der Waals surface area contributed by atoms with Crippen LogP contribution in [0.25, 0.3) is 0 Å². The van der Waals surface area contributed by atoms with Crippen LogP contribution in [0.4, 0.5) is 5.82 Å². The van der Waals surface area contributed by atoms with E-state index in [0.29, 0.717) is 19.8 Å². The van der Waals surface area contributed by atoms with Crippen molar-refractivity contribution in [2.24, 2.45) is 0 Å². The molecule has 0 saturated carbocycles. The first-order chi connectivity index (χ1) is 8.18. The molecule has 2 N–H and O–H groups in total. The number of aliphatic hydroxyl groups is 1. The molecule has 1 saturated heterocycles. The molecule has 1 fully saturated rings. The number of pyridine rings is 1. The topological polar surface area (TPSA) is 57.6 Å². The van der Waals surface area contributed by atoms with Crippen molar-refractivity contribution in [1.29, 1.82) is 0 Å². The van der Waals surface area contributed by atoms with E-state index >= 15 is 0 Å². The van der Waals surface area contributed by atoms with Crippen molar-refractivity contribution >= 4 is 5.82 Å². The molecular formula is C12H19N3O2. The van der Waals surface area contributed by atoms with Gasteiger partial charge >= 0.3 is 0 Å². The summed E-state index contributed by atoms with van der Waals surface area (Å²) < 4.78 is 5.20. The summed E-state index contributed by atoms with van der Waals surface area (Å²) in [6.45, 7) is 1.68. The predicted octanol–water partition coefficient (Wildman–Crippen LogP) is -0.00310. The fourth-order valence-electron chi connectivity index (χ4n) is 1.95. The highest BCUT2D eigenvalue weighted by molar-refractivity contribution is 5.45. The lowest BCUT2D eigenvalue weighted by atomic mass is 10.2. The number of nitrogens with one attached hydrogen (secondary N) is 1. The molecule has 2 rings (SSSR count). The van der Waals surface area contributed by atoms with Crippen molar-refractivity contribution in [2.45, 2.75) is 18.7 Å². The van der Waals surface area contributed by atoms with Crippen molar-refractivity contribution in [3.05, 3.63) is 23.9 Å². The third-order valence-electron chi connectivity index (χ3n) is 2.90. The Balaban J connectivity index is 1.98. The van der Waals surface area contributed by atoms with Gasteiger partial charge < -0.3 is 20.1 Å². The molecular weight excluding hydrogens is 218 g/mol. The average Bonchev–Trinajstić information content (AvgIpc) is 2.72. The van der Waals surface area contributed by atoms with Gasteiger partial charge in [0.05, 0.1) is 25.4 Å². The van der Waals surface area contributed by atoms with E-state index in [9.17, 15) is 5.11 Å². The standard InChI is InChI=1S/C12H19N3O2/c1-15(2)12-9(4-3-5-13-12)6-14-10-7-17-8-11(10)16/h3-5,10-11,14,16H,6-8H2,1-2H3. The second-order valence-corrected chi connectivity index (χ2v) is 4.47. The maximum Gasteiger partial charge on any atom is 0.132 e. The van der Waals surface area contributed by atoms with E-state index in [2.05, 4.69) is 10.3 Å². The van der Waals surface area contributed by atoms with Gasteiger partial charge in [-0.05, 0) is 6.07 Å². The minimum Gasteiger partial charge on any atom is -0.389 e. The van der Waals surface area contributed by atoms with Crippen molar-refractivity contribution in [3.8, 4) is 0 Å². The van der Waals surface area contributed by atoms with Crippen LogP contribution in [0.5, 0.6) is 0 Å². The molecule has 1 aromatic heterocycles. The van der Waals surface area contributed by atoms with Crippen LogP contribution >= 0.6 is 0 Å². The normalized spacial score (nSPS) is 23.9. The molecule has 0 radical (unpaired) electrons. The summed E-state index contributed by atoms with van der Waals surface area (Å²) in [5.41, 5.74) is 1.12. The Morgan fingerprint density at radius 2 is 2.35 bits per heavy atom. The highest BCUT2D eigenvalue weighted by atomic mass is 16.5. The first kappa shape index (κ1) is 12.3. The minimum atomic E-state index is -0.408. The van der Waals surface area contributed by atoms with E-state index in [4.69, 9.17) is 4.74 Å². The van der Waals surface area contributed by atoms with E-state index in [1.807, 2.05) is 31.1 Å². The molecule has 0 spiro atoms. The molecule has 1 aliphatic heterocycles. The molecule has 5 heteroatoms. The van der Waals surface area contributed by atoms with Crippen LogP contribution in [0.1, 0.15) is 5.56 Å². The van der Waals surface area contributed by atoms with Gasteiger partial charge in [0.25, 0.3) is 0 Å². The summed E-state index contributed by atoms with van der Waals surface area (Å²) >= 11 is 0. The summed E-state index contributed by atoms with van der Waals surface area (Å²) in [6.07, 6.45) is 1.38. The van der Waals surface area contributed by atoms with Crippen molar-refractivity contribution < 1.29 is 9.84 Å². The lowest BCUT2D eigenvalue weighted by Gasteiger charge is -2.19. The van der Waals surface area contributed by atoms with Crippen molar-refractivity contribution in [1.82, 2.24) is 10.3 Å². The van der Waals surface area contributed by atoms with Crippen LogP contribution < -0.4 is 10.2 Å². The number of hydrogen-bond acceptors (Lipinski definition) is 5. The first-order valence-corrected chi connectivity index (χ1v) is 5.79. The van der Waals surface area contributed by atoms with Crippen LogP contribution in [0, 0.1) is 0 Å². The van der Waals surface area contributed by atoms with Crippen LogP contribution in [0.15, 0.2) is 18.3 Å². The van der Waals surface area contributed by atoms with Crippen LogP contribution in [-0.2, 0) is 11.3 Å². The Labute approximate surface area is 101 Å². The number of anilines is 1. The van der Waals surface area contributed by atoms with Crippen LogP contribution in [-0.4, -0.2) is 49.5 Å². The number of aromatic nitrogens is 1. The van der Waals surface area contributed by atoms with Crippen LogP contribution in [0.3, 0.4) is 0 Å². The summed E-state index contributed by atoms with van der Waals surface area (Å²) in [5.74, 6) is 0.952. The van der Waals surface area contributed by atoms with Gasteiger partial charge in [-0.15, -0.1) is 0 Å². The number of aliphatic hydroxyl groups excluding tert-OH is 1. The average molecular weight is 237 g/mol. The van der Waals surface area contributed by atoms with Gasteiger partial charge in [0.1, 0.15) is 5.82 Å². The molecule has 94 valence electrons. The van der Waals surface area contributed by atoms with Gasteiger partial charge in [0.15, 0.2) is 0 Å². The minimum absolute atomic E-state index is 0.0187. The Bertz CT molecular complexity index is 371. The lowest BCUT2D eigenvalue weighted by Crippen LogP contribution is -2.38. The van der Waals surface area contributed by atoms with Gasteiger partial charge in [-0.2, -0.15) is 0 Å². The maximum atomic E-state index is 9.63. The molecule has 2 unspecified atom stereocenters. The highest BCUT2D eigenvalue weighted by Crippen LogP contribution is 2.15. The molecule has 5 nitrogen and oxygen atoms in total. The molecule has 2 atom stereocenters. The van der Waals surface area contributed by atoms with E-state index < -0.39 is 6.10 Å². The molecule has 0 bridgehead atoms. The number of nitrogens with zero attached hydrogens (tertiary/aromatic N) is 2. The molecule has 1 aromatic rings. The fourth-order valence-corrected chi connectivity index (χ4v) is 1.95. The van der Waals surface area contributed by atoms with E-state index in [1.54, 1.807) is 6.20 Å². The fraction of sp³-hybridized carbons (Fsp3) is 0.583. The molecule has 0 amide bonds. The summed E-state index contributed by atoms with van der Waals surface area (Å²) in [5, 5.41) is 12.9. The maximum absolute atomic E-state index is 9.63. The smallest absolute Gasteiger partial charge is 0.132 e. The third kappa shape index (κ3) is 2.94. The summed E-state index contributed by atoms with van der Waals surface area (Å²) in [6, 6.07) is 3.98. The molecule has 0 aromatic carbocycles. The number of ether oxygens (including phenoxy) is 1. The SMILES string of the molecule is CN(C)c1ncccc1CNC1COCC1O. The molecule has 2 heterocycles. The summed E-state index contributed by atoms with van der Waals surface area (Å²) in [4.78, 5) is 6.32. The largest absolute Gasteiger partial charge is 0.389 e. The van der Waals surface area contributed by atoms with Crippen molar-refractivity contribution in [3.63, 3.8) is 0 Å². The van der Waals surface area contributed by atoms with E-state index in [1.165, 1.54) is 0 Å². The zero-order valence-electron chi connectivity index (χ0n) is 10.3.